The Morgan fingerprint density at radius 3 is 2.91 bits per heavy atom. The number of aliphatic hydroxyl groups is 1. The van der Waals surface area contributed by atoms with Gasteiger partial charge in [-0.1, -0.05) is 18.2 Å². The molecule has 22 heavy (non-hydrogen) atoms. The van der Waals surface area contributed by atoms with Gasteiger partial charge in [0.2, 0.25) is 0 Å². The number of aliphatic hydroxyl groups excluding tert-OH is 1. The highest BCUT2D eigenvalue weighted by molar-refractivity contribution is 5.19. The minimum absolute atomic E-state index is 0.197. The first kappa shape index (κ1) is 14.5. The van der Waals surface area contributed by atoms with E-state index in [1.165, 1.54) is 12.4 Å². The van der Waals surface area contributed by atoms with Crippen LogP contribution in [0.2, 0.25) is 0 Å². The van der Waals surface area contributed by atoms with E-state index in [-0.39, 0.29) is 5.82 Å². The summed E-state index contributed by atoms with van der Waals surface area (Å²) in [5.41, 5.74) is 1.75. The van der Waals surface area contributed by atoms with Gasteiger partial charge < -0.3 is 9.67 Å². The van der Waals surface area contributed by atoms with Crippen molar-refractivity contribution in [3.8, 4) is 0 Å². The smallest absolute Gasteiger partial charge is 0.178 e. The van der Waals surface area contributed by atoms with Gasteiger partial charge in [-0.3, -0.25) is 5.10 Å². The third-order valence-electron chi connectivity index (χ3n) is 3.56. The molecule has 5 nitrogen and oxygen atoms in total. The molecule has 2 aromatic heterocycles. The van der Waals surface area contributed by atoms with E-state index in [0.717, 1.165) is 5.56 Å². The van der Waals surface area contributed by atoms with Crippen molar-refractivity contribution >= 4 is 0 Å². The van der Waals surface area contributed by atoms with E-state index in [0.29, 0.717) is 30.8 Å². The zero-order valence-corrected chi connectivity index (χ0v) is 12.0. The monoisotopic (exact) mass is 300 g/mol. The second-order valence-electron chi connectivity index (χ2n) is 5.20. The Balaban J connectivity index is 1.58. The van der Waals surface area contributed by atoms with Crippen LogP contribution in [0.4, 0.5) is 4.39 Å². The van der Waals surface area contributed by atoms with Gasteiger partial charge in [-0.2, -0.15) is 5.10 Å². The molecule has 114 valence electrons. The summed E-state index contributed by atoms with van der Waals surface area (Å²) in [6, 6.07) is 8.74. The van der Waals surface area contributed by atoms with Crippen LogP contribution in [0.3, 0.4) is 0 Å². The van der Waals surface area contributed by atoms with Gasteiger partial charge in [0.05, 0.1) is 0 Å². The molecule has 0 saturated carbocycles. The Morgan fingerprint density at radius 1 is 1.27 bits per heavy atom. The molecule has 6 heteroatoms. The minimum Gasteiger partial charge on any atom is -0.385 e. The molecule has 1 aromatic carbocycles. The minimum atomic E-state index is -0.679. The molecule has 3 rings (SSSR count). The number of nitrogens with one attached hydrogen (secondary N) is 1. The van der Waals surface area contributed by atoms with Crippen molar-refractivity contribution in [1.29, 1.82) is 0 Å². The molecule has 0 bridgehead atoms. The van der Waals surface area contributed by atoms with Gasteiger partial charge in [-0.05, 0) is 30.5 Å². The third kappa shape index (κ3) is 3.40. The number of hydrogen-bond donors (Lipinski definition) is 2. The van der Waals surface area contributed by atoms with Crippen LogP contribution in [-0.2, 0) is 13.0 Å². The van der Waals surface area contributed by atoms with Crippen molar-refractivity contribution in [2.75, 3.05) is 0 Å². The largest absolute Gasteiger partial charge is 0.385 e. The summed E-state index contributed by atoms with van der Waals surface area (Å²) in [7, 11) is 0. The van der Waals surface area contributed by atoms with E-state index in [2.05, 4.69) is 15.2 Å². The van der Waals surface area contributed by atoms with E-state index in [1.807, 2.05) is 29.1 Å². The maximum absolute atomic E-state index is 13.6. The molecule has 0 radical (unpaired) electrons. The maximum Gasteiger partial charge on any atom is 0.178 e. The highest BCUT2D eigenvalue weighted by atomic mass is 19.1. The first-order valence-corrected chi connectivity index (χ1v) is 7.14. The number of aryl methyl sites for hydroxylation is 1. The van der Waals surface area contributed by atoms with Crippen LogP contribution in [-0.4, -0.2) is 24.9 Å². The SMILES string of the molecule is OC(CCc1ccn(Cc2ccccc2F)c1)c1nc[nH]n1. The average Bonchev–Trinajstić information content (AvgIpc) is 3.19. The van der Waals surface area contributed by atoms with Crippen LogP contribution in [0.25, 0.3) is 0 Å². The van der Waals surface area contributed by atoms with E-state index >= 15 is 0 Å². The molecular formula is C16H17FN4O. The maximum atomic E-state index is 13.6. The fourth-order valence-corrected chi connectivity index (χ4v) is 2.37. The van der Waals surface area contributed by atoms with Crippen molar-refractivity contribution in [3.05, 3.63) is 71.8 Å². The summed E-state index contributed by atoms with van der Waals surface area (Å²) in [4.78, 5) is 3.94. The molecule has 0 fully saturated rings. The molecule has 2 heterocycles. The van der Waals surface area contributed by atoms with Crippen molar-refractivity contribution in [2.24, 2.45) is 0 Å². The molecule has 0 aliphatic heterocycles. The predicted octanol–water partition coefficient (Wildman–Crippen LogP) is 2.46. The Labute approximate surface area is 127 Å². The van der Waals surface area contributed by atoms with Crippen molar-refractivity contribution in [3.63, 3.8) is 0 Å². The van der Waals surface area contributed by atoms with Crippen molar-refractivity contribution in [1.82, 2.24) is 19.7 Å². The number of halogens is 1. The second-order valence-corrected chi connectivity index (χ2v) is 5.20. The van der Waals surface area contributed by atoms with Crippen LogP contribution in [0.5, 0.6) is 0 Å². The molecule has 0 spiro atoms. The van der Waals surface area contributed by atoms with Crippen LogP contribution in [0.15, 0.2) is 49.1 Å². The predicted molar refractivity (Wildman–Crippen MR) is 79.6 cm³/mol. The lowest BCUT2D eigenvalue weighted by atomic mass is 10.1. The van der Waals surface area contributed by atoms with E-state index in [4.69, 9.17) is 0 Å². The first-order valence-electron chi connectivity index (χ1n) is 7.14. The quantitative estimate of drug-likeness (QED) is 0.735. The Morgan fingerprint density at radius 2 is 2.14 bits per heavy atom. The lowest BCUT2D eigenvalue weighted by Gasteiger charge is -2.06. The van der Waals surface area contributed by atoms with Crippen molar-refractivity contribution < 1.29 is 9.50 Å². The van der Waals surface area contributed by atoms with E-state index in [1.54, 1.807) is 12.1 Å². The summed E-state index contributed by atoms with van der Waals surface area (Å²) in [6.45, 7) is 0.496. The number of nitrogens with zero attached hydrogens (tertiary/aromatic N) is 3. The Bertz CT molecular complexity index is 723. The number of hydrogen-bond acceptors (Lipinski definition) is 3. The molecule has 1 unspecified atom stereocenters. The fourth-order valence-electron chi connectivity index (χ4n) is 2.37. The number of aromatic nitrogens is 4. The summed E-state index contributed by atoms with van der Waals surface area (Å²) >= 11 is 0. The standard InChI is InChI=1S/C16H17FN4O/c17-14-4-2-1-3-13(14)10-21-8-7-12(9-21)5-6-15(22)16-18-11-19-20-16/h1-4,7-9,11,15,22H,5-6,10H2,(H,18,19,20). The fraction of sp³-hybridized carbons (Fsp3) is 0.250. The van der Waals surface area contributed by atoms with Crippen LogP contribution in [0.1, 0.15) is 29.5 Å². The van der Waals surface area contributed by atoms with E-state index in [9.17, 15) is 9.50 Å². The first-order chi connectivity index (χ1) is 10.7. The molecule has 0 aliphatic carbocycles. The lowest BCUT2D eigenvalue weighted by Crippen LogP contribution is -2.02. The molecule has 1 atom stereocenters. The van der Waals surface area contributed by atoms with Crippen LogP contribution >= 0.6 is 0 Å². The summed E-state index contributed by atoms with van der Waals surface area (Å²) in [6.07, 6.45) is 5.91. The number of H-pyrrole nitrogens is 1. The Hall–Kier alpha value is -2.47. The van der Waals surface area contributed by atoms with Crippen LogP contribution in [0, 0.1) is 5.82 Å². The normalized spacial score (nSPS) is 12.5. The zero-order valence-electron chi connectivity index (χ0n) is 12.0. The van der Waals surface area contributed by atoms with E-state index < -0.39 is 6.10 Å². The molecular weight excluding hydrogens is 283 g/mol. The van der Waals surface area contributed by atoms with Gasteiger partial charge in [0.15, 0.2) is 5.82 Å². The third-order valence-corrected chi connectivity index (χ3v) is 3.56. The highest BCUT2D eigenvalue weighted by Gasteiger charge is 2.11. The molecule has 2 N–H and O–H groups in total. The van der Waals surface area contributed by atoms with Gasteiger partial charge in [-0.15, -0.1) is 0 Å². The topological polar surface area (TPSA) is 66.7 Å². The number of benzene rings is 1. The Kier molecular flexibility index (Phi) is 4.29. The number of rotatable bonds is 6. The summed E-state index contributed by atoms with van der Waals surface area (Å²) in [5, 5.41) is 16.4. The van der Waals surface area contributed by atoms with Gasteiger partial charge in [0.1, 0.15) is 18.2 Å². The zero-order chi connectivity index (χ0) is 15.4. The molecule has 0 amide bonds. The molecule has 0 aliphatic rings. The van der Waals surface area contributed by atoms with Gasteiger partial charge in [-0.25, -0.2) is 9.37 Å². The van der Waals surface area contributed by atoms with Crippen LogP contribution < -0.4 is 0 Å². The second kappa shape index (κ2) is 6.53. The van der Waals surface area contributed by atoms with Gasteiger partial charge in [0, 0.05) is 24.5 Å². The molecule has 3 aromatic rings. The molecule has 0 saturated heterocycles. The summed E-state index contributed by atoms with van der Waals surface area (Å²) in [5.74, 6) is 0.212. The lowest BCUT2D eigenvalue weighted by molar-refractivity contribution is 0.158. The highest BCUT2D eigenvalue weighted by Crippen LogP contribution is 2.16. The van der Waals surface area contributed by atoms with Gasteiger partial charge >= 0.3 is 0 Å². The summed E-state index contributed by atoms with van der Waals surface area (Å²) < 4.78 is 15.6. The number of aromatic amines is 1. The average molecular weight is 300 g/mol. The van der Waals surface area contributed by atoms with Gasteiger partial charge in [0.25, 0.3) is 0 Å². The van der Waals surface area contributed by atoms with Crippen molar-refractivity contribution in [2.45, 2.75) is 25.5 Å².